The first-order chi connectivity index (χ1) is 7.86. The number of benzene rings is 1. The maximum Gasteiger partial charge on any atom is 0.126 e. The van der Waals surface area contributed by atoms with Crippen LogP contribution in [0.4, 0.5) is 0 Å². The standard InChI is InChI=1S/C13H16N2O/c16-11-8-4-7-10-12(11)13(15-14-10)9-5-2-1-3-6-9/h4,7-9,16H,1-3,5-6H2,(H,14,15). The maximum atomic E-state index is 9.91. The molecule has 0 unspecified atom stereocenters. The Morgan fingerprint density at radius 1 is 1.19 bits per heavy atom. The molecule has 0 spiro atoms. The fraction of sp³-hybridized carbons (Fsp3) is 0.462. The van der Waals surface area contributed by atoms with Crippen molar-refractivity contribution in [1.29, 1.82) is 0 Å². The summed E-state index contributed by atoms with van der Waals surface area (Å²) in [5.74, 6) is 0.902. The van der Waals surface area contributed by atoms with E-state index in [0.29, 0.717) is 11.7 Å². The van der Waals surface area contributed by atoms with Crippen LogP contribution < -0.4 is 0 Å². The predicted molar refractivity (Wildman–Crippen MR) is 63.6 cm³/mol. The number of phenols is 1. The van der Waals surface area contributed by atoms with Crippen LogP contribution in [0, 0.1) is 0 Å². The maximum absolute atomic E-state index is 9.91. The highest BCUT2D eigenvalue weighted by Gasteiger charge is 2.21. The fourth-order valence-electron chi connectivity index (χ4n) is 2.76. The number of H-pyrrole nitrogens is 1. The molecule has 3 rings (SSSR count). The van der Waals surface area contributed by atoms with Crippen LogP contribution >= 0.6 is 0 Å². The van der Waals surface area contributed by atoms with E-state index in [0.717, 1.165) is 16.6 Å². The molecule has 2 aromatic rings. The Kier molecular flexibility index (Phi) is 2.31. The largest absolute Gasteiger partial charge is 0.507 e. The van der Waals surface area contributed by atoms with E-state index in [2.05, 4.69) is 10.2 Å². The number of nitrogens with one attached hydrogen (secondary N) is 1. The first kappa shape index (κ1) is 9.70. The zero-order valence-electron chi connectivity index (χ0n) is 9.24. The van der Waals surface area contributed by atoms with Crippen LogP contribution in [0.5, 0.6) is 5.75 Å². The zero-order valence-corrected chi connectivity index (χ0v) is 9.24. The third-order valence-electron chi connectivity index (χ3n) is 3.60. The summed E-state index contributed by atoms with van der Waals surface area (Å²) in [6, 6.07) is 5.52. The van der Waals surface area contributed by atoms with Crippen molar-refractivity contribution in [2.24, 2.45) is 0 Å². The van der Waals surface area contributed by atoms with Gasteiger partial charge in [-0.05, 0) is 25.0 Å². The monoisotopic (exact) mass is 216 g/mol. The van der Waals surface area contributed by atoms with Crippen molar-refractivity contribution in [2.75, 3.05) is 0 Å². The number of aromatic nitrogens is 2. The quantitative estimate of drug-likeness (QED) is 0.768. The number of nitrogens with zero attached hydrogens (tertiary/aromatic N) is 1. The lowest BCUT2D eigenvalue weighted by atomic mass is 9.86. The van der Waals surface area contributed by atoms with Crippen LogP contribution in [-0.4, -0.2) is 15.3 Å². The molecule has 2 N–H and O–H groups in total. The lowest BCUT2D eigenvalue weighted by Gasteiger charge is -2.20. The smallest absolute Gasteiger partial charge is 0.126 e. The highest BCUT2D eigenvalue weighted by molar-refractivity contribution is 5.87. The van der Waals surface area contributed by atoms with E-state index in [9.17, 15) is 5.11 Å². The summed E-state index contributed by atoms with van der Waals surface area (Å²) >= 11 is 0. The van der Waals surface area contributed by atoms with E-state index in [1.807, 2.05) is 12.1 Å². The molecule has 1 aliphatic carbocycles. The Morgan fingerprint density at radius 2 is 2.00 bits per heavy atom. The van der Waals surface area contributed by atoms with Gasteiger partial charge in [-0.15, -0.1) is 0 Å². The molecule has 1 saturated carbocycles. The Bertz CT molecular complexity index is 498. The fourth-order valence-corrected chi connectivity index (χ4v) is 2.76. The first-order valence-corrected chi connectivity index (χ1v) is 6.02. The SMILES string of the molecule is Oc1cccc2n[nH]c(C3CCCCC3)c12. The third kappa shape index (κ3) is 1.47. The van der Waals surface area contributed by atoms with Crippen molar-refractivity contribution in [3.05, 3.63) is 23.9 Å². The van der Waals surface area contributed by atoms with Crippen LogP contribution in [-0.2, 0) is 0 Å². The minimum Gasteiger partial charge on any atom is -0.507 e. The number of aromatic hydroxyl groups is 1. The molecule has 0 aliphatic heterocycles. The number of hydrogen-bond acceptors (Lipinski definition) is 2. The summed E-state index contributed by atoms with van der Waals surface area (Å²) in [6.07, 6.45) is 6.35. The van der Waals surface area contributed by atoms with Gasteiger partial charge in [0.25, 0.3) is 0 Å². The average Bonchev–Trinajstić information content (AvgIpc) is 2.75. The van der Waals surface area contributed by atoms with E-state index in [1.165, 1.54) is 32.1 Å². The van der Waals surface area contributed by atoms with E-state index < -0.39 is 0 Å². The van der Waals surface area contributed by atoms with E-state index in [4.69, 9.17) is 0 Å². The molecule has 3 heteroatoms. The van der Waals surface area contributed by atoms with Crippen molar-refractivity contribution in [1.82, 2.24) is 10.2 Å². The molecule has 16 heavy (non-hydrogen) atoms. The molecule has 1 aromatic heterocycles. The first-order valence-electron chi connectivity index (χ1n) is 6.02. The number of fused-ring (bicyclic) bond motifs is 1. The van der Waals surface area contributed by atoms with Gasteiger partial charge in [0.15, 0.2) is 0 Å². The summed E-state index contributed by atoms with van der Waals surface area (Å²) in [5, 5.41) is 18.2. The minimum absolute atomic E-state index is 0.354. The van der Waals surface area contributed by atoms with E-state index in [1.54, 1.807) is 6.07 Å². The molecule has 0 atom stereocenters. The van der Waals surface area contributed by atoms with Gasteiger partial charge in [0.2, 0.25) is 0 Å². The third-order valence-corrected chi connectivity index (χ3v) is 3.60. The molecule has 0 bridgehead atoms. The molecule has 0 amide bonds. The Hall–Kier alpha value is -1.51. The predicted octanol–water partition coefficient (Wildman–Crippen LogP) is 3.32. The van der Waals surface area contributed by atoms with Crippen LogP contribution in [0.25, 0.3) is 10.9 Å². The zero-order chi connectivity index (χ0) is 11.0. The number of phenolic OH excluding ortho intramolecular Hbond substituents is 1. The van der Waals surface area contributed by atoms with Crippen molar-refractivity contribution >= 4 is 10.9 Å². The van der Waals surface area contributed by atoms with Gasteiger partial charge in [0.1, 0.15) is 5.75 Å². The molecule has 84 valence electrons. The number of aromatic amines is 1. The highest BCUT2D eigenvalue weighted by atomic mass is 16.3. The second kappa shape index (κ2) is 3.81. The molecule has 1 aliphatic rings. The minimum atomic E-state index is 0.354. The van der Waals surface area contributed by atoms with Gasteiger partial charge in [0, 0.05) is 11.6 Å². The van der Waals surface area contributed by atoms with Gasteiger partial charge in [-0.3, -0.25) is 5.10 Å². The highest BCUT2D eigenvalue weighted by Crippen LogP contribution is 2.37. The molecule has 3 nitrogen and oxygen atoms in total. The Morgan fingerprint density at radius 3 is 2.81 bits per heavy atom. The molecule has 1 aromatic carbocycles. The van der Waals surface area contributed by atoms with Crippen LogP contribution in [0.3, 0.4) is 0 Å². The van der Waals surface area contributed by atoms with E-state index >= 15 is 0 Å². The summed E-state index contributed by atoms with van der Waals surface area (Å²) in [6.45, 7) is 0. The molecule has 1 heterocycles. The molecule has 0 saturated heterocycles. The Balaban J connectivity index is 2.09. The summed E-state index contributed by atoms with van der Waals surface area (Å²) in [4.78, 5) is 0. The van der Waals surface area contributed by atoms with Gasteiger partial charge in [0.05, 0.1) is 10.9 Å². The molecular weight excluding hydrogens is 200 g/mol. The Labute approximate surface area is 94.5 Å². The topological polar surface area (TPSA) is 48.9 Å². The summed E-state index contributed by atoms with van der Waals surface area (Å²) in [7, 11) is 0. The van der Waals surface area contributed by atoms with Gasteiger partial charge in [-0.2, -0.15) is 5.10 Å². The second-order valence-electron chi connectivity index (χ2n) is 4.64. The molecular formula is C13H16N2O. The van der Waals surface area contributed by atoms with Crippen molar-refractivity contribution < 1.29 is 5.11 Å². The van der Waals surface area contributed by atoms with Gasteiger partial charge >= 0.3 is 0 Å². The van der Waals surface area contributed by atoms with Gasteiger partial charge in [-0.25, -0.2) is 0 Å². The lowest BCUT2D eigenvalue weighted by Crippen LogP contribution is -2.05. The van der Waals surface area contributed by atoms with Crippen molar-refractivity contribution in [3.8, 4) is 5.75 Å². The number of rotatable bonds is 1. The van der Waals surface area contributed by atoms with Crippen LogP contribution in [0.15, 0.2) is 18.2 Å². The van der Waals surface area contributed by atoms with Crippen LogP contribution in [0.1, 0.15) is 43.7 Å². The molecule has 1 fully saturated rings. The normalized spacial score (nSPS) is 18.0. The van der Waals surface area contributed by atoms with Crippen molar-refractivity contribution in [2.45, 2.75) is 38.0 Å². The van der Waals surface area contributed by atoms with Gasteiger partial charge < -0.3 is 5.11 Å². The van der Waals surface area contributed by atoms with Gasteiger partial charge in [-0.1, -0.05) is 25.3 Å². The van der Waals surface area contributed by atoms with Crippen molar-refractivity contribution in [3.63, 3.8) is 0 Å². The molecule has 0 radical (unpaired) electrons. The average molecular weight is 216 g/mol. The van der Waals surface area contributed by atoms with Crippen LogP contribution in [0.2, 0.25) is 0 Å². The summed E-state index contributed by atoms with van der Waals surface area (Å²) in [5.41, 5.74) is 2.01. The second-order valence-corrected chi connectivity index (χ2v) is 4.64. The summed E-state index contributed by atoms with van der Waals surface area (Å²) < 4.78 is 0. The number of hydrogen-bond donors (Lipinski definition) is 2. The van der Waals surface area contributed by atoms with E-state index in [-0.39, 0.29) is 0 Å². The lowest BCUT2D eigenvalue weighted by molar-refractivity contribution is 0.436.